The Labute approximate surface area is 731 Å². The molecular formula is C98H64ClF3N4O18S3. The van der Waals surface area contributed by atoms with Gasteiger partial charge in [-0.05, 0) is 162 Å². The monoisotopic (exact) mass is 1770 g/mol. The van der Waals surface area contributed by atoms with Gasteiger partial charge < -0.3 is 56.7 Å². The van der Waals surface area contributed by atoms with E-state index in [9.17, 15) is 72.0 Å². The standard InChI is InChI=1S/C26H18ClNO5S.C26H18FNO5S.C26H16FNO4S.C20H12FNO4/c2*1-32-17-8-4-6-15(12-17)14-28-20-11-3-2-10-19(20)23-21(25(28)30)22(29)24(26(31)33-23)34-18-9-5-7-16(27)13-18;27-17-11-13-19(14-12-17)33-24-23(29)22-21(32-26(24)31)15-20(16-7-3-1-4-8-16)28(25(22)30)18-9-5-2-6-10-18;21-13-7-4-8-14(9-13)22-15(12-5-2-1-3-6-12)10-17-19(20(22)25)16(23)11-18(24)26-17/h2*2-13,29H,14H2,1H3;1-15,29H;1-11,23H. The molecule has 0 saturated heterocycles. The summed E-state index contributed by atoms with van der Waals surface area (Å²) < 4.78 is 78.8. The highest BCUT2D eigenvalue weighted by Crippen LogP contribution is 2.42. The van der Waals surface area contributed by atoms with Gasteiger partial charge in [-0.3, -0.25) is 28.3 Å². The third kappa shape index (κ3) is 17.8. The lowest BCUT2D eigenvalue weighted by atomic mass is 10.1. The van der Waals surface area contributed by atoms with Crippen LogP contribution in [0.5, 0.6) is 34.5 Å². The molecule has 0 atom stereocenters. The van der Waals surface area contributed by atoms with Crippen molar-refractivity contribution in [3.05, 3.63) is 420 Å². The molecule has 8 heterocycles. The summed E-state index contributed by atoms with van der Waals surface area (Å²) in [5, 5.41) is 44.4. The van der Waals surface area contributed by atoms with E-state index in [4.69, 9.17) is 38.7 Å². The van der Waals surface area contributed by atoms with Crippen LogP contribution in [0.3, 0.4) is 0 Å². The Morgan fingerprint density at radius 3 is 1.28 bits per heavy atom. The van der Waals surface area contributed by atoms with Gasteiger partial charge in [0.15, 0.2) is 28.4 Å². The zero-order valence-electron chi connectivity index (χ0n) is 66.3. The molecule has 0 unspecified atom stereocenters. The zero-order valence-corrected chi connectivity index (χ0v) is 69.5. The Hall–Kier alpha value is -15.5. The quantitative estimate of drug-likeness (QED) is 0.0653. The van der Waals surface area contributed by atoms with E-state index in [-0.39, 0.29) is 71.7 Å². The van der Waals surface area contributed by atoms with E-state index in [1.54, 1.807) is 152 Å². The molecule has 0 fully saturated rings. The van der Waals surface area contributed by atoms with Gasteiger partial charge in [-0.2, -0.15) is 0 Å². The minimum atomic E-state index is -0.811. The van der Waals surface area contributed by atoms with Crippen molar-refractivity contribution in [1.82, 2.24) is 18.3 Å². The molecule has 0 radical (unpaired) electrons. The number of pyridine rings is 4. The summed E-state index contributed by atoms with van der Waals surface area (Å²) in [7, 11) is 3.14. The van der Waals surface area contributed by atoms with Crippen LogP contribution in [0.15, 0.2) is 389 Å². The number of aromatic hydroxyl groups is 4. The van der Waals surface area contributed by atoms with Crippen LogP contribution in [0.25, 0.3) is 99.6 Å². The lowest BCUT2D eigenvalue weighted by molar-refractivity contribution is 0.414. The predicted octanol–water partition coefficient (Wildman–Crippen LogP) is 19.9. The van der Waals surface area contributed by atoms with Gasteiger partial charge in [0.05, 0.1) is 61.5 Å². The summed E-state index contributed by atoms with van der Waals surface area (Å²) in [6, 6.07) is 83.4. The molecular weight excluding hydrogens is 1710 g/mol. The second-order valence-electron chi connectivity index (χ2n) is 28.1. The molecule has 29 heteroatoms. The van der Waals surface area contributed by atoms with E-state index in [2.05, 4.69) is 0 Å². The van der Waals surface area contributed by atoms with Crippen LogP contribution in [0, 0.1) is 17.5 Å². The number of methoxy groups -OCH3 is 2. The number of ether oxygens (including phenoxy) is 2. The average Bonchev–Trinajstić information content (AvgIpc) is 0.746. The van der Waals surface area contributed by atoms with Crippen molar-refractivity contribution in [2.24, 2.45) is 0 Å². The van der Waals surface area contributed by atoms with Crippen LogP contribution in [0.2, 0.25) is 5.02 Å². The summed E-state index contributed by atoms with van der Waals surface area (Å²) in [5.41, 5.74) is 0.807. The summed E-state index contributed by atoms with van der Waals surface area (Å²) >= 11 is 8.79. The molecule has 19 rings (SSSR count). The van der Waals surface area contributed by atoms with Gasteiger partial charge in [0.2, 0.25) is 0 Å². The minimum Gasteiger partial charge on any atom is -0.507 e. The van der Waals surface area contributed by atoms with Gasteiger partial charge in [-0.1, -0.05) is 192 Å². The van der Waals surface area contributed by atoms with Crippen LogP contribution >= 0.6 is 46.9 Å². The number of fused-ring (bicyclic) bond motifs is 8. The van der Waals surface area contributed by atoms with Crippen molar-refractivity contribution in [3.63, 3.8) is 0 Å². The van der Waals surface area contributed by atoms with E-state index in [0.717, 1.165) is 58.0 Å². The third-order valence-electron chi connectivity index (χ3n) is 20.1. The molecule has 19 aromatic rings. The first-order valence-electron chi connectivity index (χ1n) is 38.5. The highest BCUT2D eigenvalue weighted by atomic mass is 35.5. The smallest absolute Gasteiger partial charge is 0.354 e. The predicted molar refractivity (Wildman–Crippen MR) is 483 cm³/mol. The Balaban J connectivity index is 0.000000125. The van der Waals surface area contributed by atoms with Gasteiger partial charge in [0.1, 0.15) is 82.1 Å². The number of nitrogens with zero attached hydrogens (tertiary/aromatic N) is 4. The molecule has 0 aliphatic rings. The van der Waals surface area contributed by atoms with Crippen LogP contribution < -0.4 is 54.2 Å². The molecule has 630 valence electrons. The van der Waals surface area contributed by atoms with E-state index in [1.165, 1.54) is 80.4 Å². The van der Waals surface area contributed by atoms with E-state index in [0.29, 0.717) is 81.3 Å². The largest absolute Gasteiger partial charge is 0.507 e. The number of hydrogen-bond donors (Lipinski definition) is 4. The maximum atomic E-state index is 13.7. The SMILES string of the molecule is COc1cccc(Cn2c(=O)c3c(O)c(Sc4cccc(Cl)c4)c(=O)oc3c3ccccc32)c1.COc1cccc(Cn2c(=O)c3c(O)c(Sc4cccc(F)c4)c(=O)oc3c3ccccc32)c1.O=c1cc(O)c2c(=O)n(-c3cccc(F)c3)c(-c3ccccc3)cc2o1.O=c1oc2cc(-c3ccccc3)n(-c3ccccc3)c(=O)c2c(O)c1Sc1ccc(F)cc1. The zero-order chi connectivity index (χ0) is 88.8. The van der Waals surface area contributed by atoms with Crippen molar-refractivity contribution < 1.29 is 60.7 Å². The highest BCUT2D eigenvalue weighted by molar-refractivity contribution is 8.00. The number of halogens is 4. The van der Waals surface area contributed by atoms with Crippen LogP contribution in [-0.2, 0) is 13.1 Å². The topological polar surface area (TPSA) is 308 Å². The third-order valence-corrected chi connectivity index (χ3v) is 23.5. The number of aromatic nitrogens is 4. The molecule has 0 amide bonds. The number of rotatable bonds is 16. The molecule has 0 aliphatic heterocycles. The first kappa shape index (κ1) is 85.1. The van der Waals surface area contributed by atoms with Crippen LogP contribution in [-0.4, -0.2) is 52.9 Å². The molecule has 4 N–H and O–H groups in total. The normalized spacial score (nSPS) is 11.1. The second-order valence-corrected chi connectivity index (χ2v) is 31.8. The van der Waals surface area contributed by atoms with E-state index >= 15 is 0 Å². The van der Waals surface area contributed by atoms with Crippen molar-refractivity contribution in [1.29, 1.82) is 0 Å². The van der Waals surface area contributed by atoms with Gasteiger partial charge in [-0.15, -0.1) is 0 Å². The first-order chi connectivity index (χ1) is 61.5. The molecule has 0 spiro atoms. The van der Waals surface area contributed by atoms with Crippen LogP contribution in [0.1, 0.15) is 11.1 Å². The summed E-state index contributed by atoms with van der Waals surface area (Å²) in [4.78, 5) is 105. The summed E-state index contributed by atoms with van der Waals surface area (Å²) in [5.74, 6) is -1.94. The lowest BCUT2D eigenvalue weighted by Gasteiger charge is -2.15. The van der Waals surface area contributed by atoms with Gasteiger partial charge >= 0.3 is 22.5 Å². The molecule has 127 heavy (non-hydrogen) atoms. The number of hydrogen-bond acceptors (Lipinski definition) is 21. The summed E-state index contributed by atoms with van der Waals surface area (Å²) in [6.07, 6.45) is 0. The van der Waals surface area contributed by atoms with Crippen molar-refractivity contribution in [3.8, 4) is 68.4 Å². The first-order valence-corrected chi connectivity index (χ1v) is 41.3. The molecule has 8 aromatic heterocycles. The maximum absolute atomic E-state index is 13.7. The fourth-order valence-corrected chi connectivity index (χ4v) is 17.2. The Kier molecular flexibility index (Phi) is 24.7. The number of para-hydroxylation sites is 3. The number of benzene rings is 11. The maximum Gasteiger partial charge on any atom is 0.354 e. The molecule has 0 aliphatic carbocycles. The van der Waals surface area contributed by atoms with E-state index < -0.39 is 85.2 Å². The van der Waals surface area contributed by atoms with Gasteiger partial charge in [0.25, 0.3) is 22.2 Å². The van der Waals surface area contributed by atoms with Crippen molar-refractivity contribution >= 4 is 113 Å². The molecule has 0 saturated carbocycles. The fourth-order valence-electron chi connectivity index (χ4n) is 14.3. The van der Waals surface area contributed by atoms with Crippen molar-refractivity contribution in [2.75, 3.05) is 14.2 Å². The highest BCUT2D eigenvalue weighted by Gasteiger charge is 2.28. The van der Waals surface area contributed by atoms with Gasteiger partial charge in [0, 0.05) is 48.3 Å². The van der Waals surface area contributed by atoms with E-state index in [1.807, 2.05) is 97.1 Å². The van der Waals surface area contributed by atoms with Gasteiger partial charge in [-0.25, -0.2) is 32.3 Å². The minimum absolute atomic E-state index is 0.00795. The Bertz CT molecular complexity index is 7800. The Morgan fingerprint density at radius 1 is 0.354 bits per heavy atom. The molecule has 11 aromatic carbocycles. The average molecular weight is 1770 g/mol. The summed E-state index contributed by atoms with van der Waals surface area (Å²) in [6.45, 7) is 0.444. The molecule has 22 nitrogen and oxygen atoms in total. The second kappa shape index (κ2) is 36.9. The fraction of sp³-hybridized carbons (Fsp3) is 0.0408. The van der Waals surface area contributed by atoms with Crippen molar-refractivity contribution in [2.45, 2.75) is 42.5 Å². The van der Waals surface area contributed by atoms with Crippen LogP contribution in [0.4, 0.5) is 13.2 Å². The Morgan fingerprint density at radius 2 is 0.772 bits per heavy atom. The molecule has 0 bridgehead atoms. The lowest BCUT2D eigenvalue weighted by Crippen LogP contribution is -2.22.